The van der Waals surface area contributed by atoms with Crippen LogP contribution in [0.25, 0.3) is 0 Å². The quantitative estimate of drug-likeness (QED) is 0.577. The van der Waals surface area contributed by atoms with Gasteiger partial charge in [-0.2, -0.15) is 0 Å². The van der Waals surface area contributed by atoms with E-state index in [0.29, 0.717) is 0 Å². The van der Waals surface area contributed by atoms with Crippen molar-refractivity contribution in [1.82, 2.24) is 0 Å². The summed E-state index contributed by atoms with van der Waals surface area (Å²) in [6.07, 6.45) is 1.89. The average molecular weight is 190 g/mol. The van der Waals surface area contributed by atoms with E-state index < -0.39 is 0 Å². The van der Waals surface area contributed by atoms with Crippen LogP contribution in [0.15, 0.2) is 23.2 Å². The maximum atomic E-state index is 5.91. The molecule has 14 heavy (non-hydrogen) atoms. The molecule has 0 atom stereocenters. The number of hydrogen-bond acceptors (Lipinski definition) is 2. The first kappa shape index (κ1) is 10.8. The molecule has 0 aliphatic carbocycles. The predicted molar refractivity (Wildman–Crippen MR) is 63.0 cm³/mol. The van der Waals surface area contributed by atoms with Gasteiger partial charge in [0.15, 0.2) is 0 Å². The summed E-state index contributed by atoms with van der Waals surface area (Å²) < 4.78 is 0. The number of anilines is 1. The minimum atomic E-state index is 0.894. The Kier molecular flexibility index (Phi) is 3.69. The fraction of sp³-hybridized carbons (Fsp3) is 0.417. The van der Waals surface area contributed by atoms with Crippen molar-refractivity contribution in [2.45, 2.75) is 26.7 Å². The average Bonchev–Trinajstić information content (AvgIpc) is 2.18. The lowest BCUT2D eigenvalue weighted by molar-refractivity contribution is 1.13. The molecule has 2 nitrogen and oxygen atoms in total. The summed E-state index contributed by atoms with van der Waals surface area (Å²) in [6, 6.07) is 6.28. The molecule has 0 spiro atoms. The van der Waals surface area contributed by atoms with Crippen molar-refractivity contribution < 1.29 is 0 Å². The van der Waals surface area contributed by atoms with E-state index in [9.17, 15) is 0 Å². The third kappa shape index (κ3) is 2.59. The van der Waals surface area contributed by atoms with Crippen molar-refractivity contribution in [3.8, 4) is 0 Å². The van der Waals surface area contributed by atoms with Gasteiger partial charge in [-0.1, -0.05) is 19.1 Å². The van der Waals surface area contributed by atoms with Gasteiger partial charge in [-0.25, -0.2) is 0 Å². The summed E-state index contributed by atoms with van der Waals surface area (Å²) in [5.41, 5.74) is 10.4. The summed E-state index contributed by atoms with van der Waals surface area (Å²) >= 11 is 0. The van der Waals surface area contributed by atoms with Crippen molar-refractivity contribution >= 4 is 11.4 Å². The molecule has 0 aromatic heterocycles. The molecule has 0 fully saturated rings. The van der Waals surface area contributed by atoms with Crippen LogP contribution in [0.5, 0.6) is 0 Å². The molecular formula is C12H18N2. The van der Waals surface area contributed by atoms with Gasteiger partial charge in [0.2, 0.25) is 0 Å². The maximum Gasteiger partial charge on any atom is 0.0349 e. The highest BCUT2D eigenvalue weighted by Gasteiger charge is 2.00. The molecule has 0 radical (unpaired) electrons. The van der Waals surface area contributed by atoms with Crippen LogP contribution >= 0.6 is 0 Å². The Balaban J connectivity index is 2.86. The fourth-order valence-electron chi connectivity index (χ4n) is 1.45. The number of hydrogen-bond donors (Lipinski definition) is 1. The van der Waals surface area contributed by atoms with Crippen LogP contribution in [0, 0.1) is 0 Å². The van der Waals surface area contributed by atoms with Gasteiger partial charge >= 0.3 is 0 Å². The SMILES string of the molecule is CCc1ccc(C/C(C)=N/C)cc1N. The summed E-state index contributed by atoms with van der Waals surface area (Å²) in [5, 5.41) is 0. The van der Waals surface area contributed by atoms with Crippen LogP contribution in [-0.4, -0.2) is 12.8 Å². The summed E-state index contributed by atoms with van der Waals surface area (Å²) in [4.78, 5) is 4.13. The highest BCUT2D eigenvalue weighted by Crippen LogP contribution is 2.15. The smallest absolute Gasteiger partial charge is 0.0349 e. The Morgan fingerprint density at radius 1 is 1.43 bits per heavy atom. The molecule has 76 valence electrons. The lowest BCUT2D eigenvalue weighted by atomic mass is 10.0. The van der Waals surface area contributed by atoms with Gasteiger partial charge in [0.1, 0.15) is 0 Å². The topological polar surface area (TPSA) is 38.4 Å². The van der Waals surface area contributed by atoms with Crippen LogP contribution in [0.4, 0.5) is 5.69 Å². The summed E-state index contributed by atoms with van der Waals surface area (Å²) in [7, 11) is 1.82. The molecular weight excluding hydrogens is 172 g/mol. The molecule has 2 heteroatoms. The second-order valence-corrected chi connectivity index (χ2v) is 3.52. The minimum absolute atomic E-state index is 0.894. The van der Waals surface area contributed by atoms with Gasteiger partial charge in [0.25, 0.3) is 0 Å². The Labute approximate surface area is 85.9 Å². The molecule has 0 saturated carbocycles. The van der Waals surface area contributed by atoms with Crippen LogP contribution in [0.3, 0.4) is 0 Å². The molecule has 2 N–H and O–H groups in total. The third-order valence-electron chi connectivity index (χ3n) is 2.43. The van der Waals surface area contributed by atoms with E-state index in [2.05, 4.69) is 24.0 Å². The van der Waals surface area contributed by atoms with Gasteiger partial charge in [-0.3, -0.25) is 4.99 Å². The number of aryl methyl sites for hydroxylation is 1. The molecule has 1 aromatic carbocycles. The molecule has 0 unspecified atom stereocenters. The minimum Gasteiger partial charge on any atom is -0.398 e. The first-order chi connectivity index (χ1) is 6.67. The highest BCUT2D eigenvalue weighted by molar-refractivity contribution is 5.84. The van der Waals surface area contributed by atoms with E-state index in [1.165, 1.54) is 11.1 Å². The Morgan fingerprint density at radius 3 is 2.64 bits per heavy atom. The summed E-state index contributed by atoms with van der Waals surface area (Å²) in [5.74, 6) is 0. The van der Waals surface area contributed by atoms with Crippen molar-refractivity contribution in [3.63, 3.8) is 0 Å². The first-order valence-electron chi connectivity index (χ1n) is 4.97. The van der Waals surface area contributed by atoms with E-state index in [4.69, 9.17) is 5.73 Å². The molecule has 0 aliphatic heterocycles. The Hall–Kier alpha value is -1.31. The van der Waals surface area contributed by atoms with Crippen molar-refractivity contribution in [3.05, 3.63) is 29.3 Å². The Bertz CT molecular complexity index is 340. The molecule has 0 aliphatic rings. The van der Waals surface area contributed by atoms with Crippen LogP contribution in [0.1, 0.15) is 25.0 Å². The predicted octanol–water partition coefficient (Wildman–Crippen LogP) is 2.46. The second-order valence-electron chi connectivity index (χ2n) is 3.52. The Morgan fingerprint density at radius 2 is 2.14 bits per heavy atom. The van der Waals surface area contributed by atoms with Crippen molar-refractivity contribution in [1.29, 1.82) is 0 Å². The summed E-state index contributed by atoms with van der Waals surface area (Å²) in [6.45, 7) is 4.15. The van der Waals surface area contributed by atoms with E-state index in [0.717, 1.165) is 24.2 Å². The fourth-order valence-corrected chi connectivity index (χ4v) is 1.45. The lowest BCUT2D eigenvalue weighted by Gasteiger charge is -2.06. The normalized spacial score (nSPS) is 11.8. The maximum absolute atomic E-state index is 5.91. The van der Waals surface area contributed by atoms with E-state index in [-0.39, 0.29) is 0 Å². The standard InChI is InChI=1S/C12H18N2/c1-4-11-6-5-10(8-12(11)13)7-9(2)14-3/h5-6,8H,4,7,13H2,1-3H3/b14-9+. The highest BCUT2D eigenvalue weighted by atomic mass is 14.7. The van der Waals surface area contributed by atoms with Gasteiger partial charge in [-0.15, -0.1) is 0 Å². The second kappa shape index (κ2) is 4.80. The number of nitrogens with two attached hydrogens (primary N) is 1. The monoisotopic (exact) mass is 190 g/mol. The van der Waals surface area contributed by atoms with Crippen LogP contribution < -0.4 is 5.73 Å². The molecule has 0 bridgehead atoms. The molecule has 0 amide bonds. The van der Waals surface area contributed by atoms with E-state index >= 15 is 0 Å². The molecule has 0 saturated heterocycles. The largest absolute Gasteiger partial charge is 0.398 e. The number of nitrogen functional groups attached to an aromatic ring is 1. The van der Waals surface area contributed by atoms with E-state index in [1.54, 1.807) is 0 Å². The number of rotatable bonds is 3. The number of aliphatic imine (C=N–C) groups is 1. The van der Waals surface area contributed by atoms with Crippen LogP contribution in [-0.2, 0) is 12.8 Å². The van der Waals surface area contributed by atoms with Crippen molar-refractivity contribution in [2.75, 3.05) is 12.8 Å². The zero-order valence-electron chi connectivity index (χ0n) is 9.17. The molecule has 1 rings (SSSR count). The zero-order chi connectivity index (χ0) is 10.6. The number of benzene rings is 1. The first-order valence-corrected chi connectivity index (χ1v) is 4.97. The third-order valence-corrected chi connectivity index (χ3v) is 2.43. The molecule has 1 aromatic rings. The van der Waals surface area contributed by atoms with Crippen molar-refractivity contribution in [2.24, 2.45) is 4.99 Å². The zero-order valence-corrected chi connectivity index (χ0v) is 9.17. The molecule has 0 heterocycles. The van der Waals surface area contributed by atoms with Gasteiger partial charge in [0.05, 0.1) is 0 Å². The lowest BCUT2D eigenvalue weighted by Crippen LogP contribution is -2.00. The number of nitrogens with zero attached hydrogens (tertiary/aromatic N) is 1. The van der Waals surface area contributed by atoms with Gasteiger partial charge in [-0.05, 0) is 30.5 Å². The van der Waals surface area contributed by atoms with Gasteiger partial charge in [0, 0.05) is 24.9 Å². The van der Waals surface area contributed by atoms with Crippen LogP contribution in [0.2, 0.25) is 0 Å². The van der Waals surface area contributed by atoms with Gasteiger partial charge < -0.3 is 5.73 Å². The van der Waals surface area contributed by atoms with E-state index in [1.807, 2.05) is 20.0 Å².